The summed E-state index contributed by atoms with van der Waals surface area (Å²) in [6, 6.07) is 15.6. The maximum atomic E-state index is 12.4. The number of nitrogens with zero attached hydrogens (tertiary/aromatic N) is 2. The van der Waals surface area contributed by atoms with Crippen molar-refractivity contribution in [2.75, 3.05) is 0 Å². The first-order valence-corrected chi connectivity index (χ1v) is 9.51. The van der Waals surface area contributed by atoms with Gasteiger partial charge in [-0.15, -0.1) is 10.2 Å². The Bertz CT molecular complexity index is 907. The molecule has 1 fully saturated rings. The van der Waals surface area contributed by atoms with E-state index in [0.29, 0.717) is 23.4 Å². The molecular formula is C22H23N3O2. The molecule has 1 amide bonds. The van der Waals surface area contributed by atoms with Crippen molar-refractivity contribution in [3.05, 3.63) is 59.7 Å². The van der Waals surface area contributed by atoms with Gasteiger partial charge >= 0.3 is 0 Å². The van der Waals surface area contributed by atoms with Crippen LogP contribution < -0.4 is 5.32 Å². The Morgan fingerprint density at radius 1 is 0.889 bits per heavy atom. The van der Waals surface area contributed by atoms with E-state index in [1.165, 1.54) is 24.8 Å². The SMILES string of the molecule is Cc1ccc(-c2nnc(-c3ccc(C(=O)NC4CCCCC4)cc3)o2)cc1. The van der Waals surface area contributed by atoms with Crippen LogP contribution in [0.5, 0.6) is 0 Å². The topological polar surface area (TPSA) is 68.0 Å². The van der Waals surface area contributed by atoms with Crippen molar-refractivity contribution in [2.24, 2.45) is 0 Å². The molecule has 2 aromatic carbocycles. The van der Waals surface area contributed by atoms with E-state index in [1.807, 2.05) is 55.5 Å². The molecule has 1 aliphatic rings. The Hall–Kier alpha value is -2.95. The van der Waals surface area contributed by atoms with Crippen LogP contribution in [0.3, 0.4) is 0 Å². The fraction of sp³-hybridized carbons (Fsp3) is 0.318. The van der Waals surface area contributed by atoms with Crippen molar-refractivity contribution >= 4 is 5.91 Å². The van der Waals surface area contributed by atoms with E-state index in [-0.39, 0.29) is 5.91 Å². The van der Waals surface area contributed by atoms with Gasteiger partial charge in [0.25, 0.3) is 5.91 Å². The molecule has 0 spiro atoms. The predicted molar refractivity (Wildman–Crippen MR) is 104 cm³/mol. The van der Waals surface area contributed by atoms with E-state index in [2.05, 4.69) is 15.5 Å². The number of aryl methyl sites for hydroxylation is 1. The zero-order chi connectivity index (χ0) is 18.6. The molecule has 1 saturated carbocycles. The van der Waals surface area contributed by atoms with Gasteiger partial charge in [0.15, 0.2) is 0 Å². The van der Waals surface area contributed by atoms with Crippen molar-refractivity contribution in [2.45, 2.75) is 45.1 Å². The van der Waals surface area contributed by atoms with Crippen molar-refractivity contribution in [1.29, 1.82) is 0 Å². The van der Waals surface area contributed by atoms with Gasteiger partial charge in [-0.25, -0.2) is 0 Å². The van der Waals surface area contributed by atoms with Crippen LogP contribution in [0.1, 0.15) is 48.0 Å². The number of rotatable bonds is 4. The third-order valence-corrected chi connectivity index (χ3v) is 5.06. The van der Waals surface area contributed by atoms with Gasteiger partial charge in [-0.3, -0.25) is 4.79 Å². The first-order valence-electron chi connectivity index (χ1n) is 9.51. The van der Waals surface area contributed by atoms with Gasteiger partial charge in [-0.1, -0.05) is 37.0 Å². The molecule has 0 atom stereocenters. The molecule has 138 valence electrons. The number of carbonyl (C=O) groups is 1. The molecule has 5 nitrogen and oxygen atoms in total. The maximum Gasteiger partial charge on any atom is 0.251 e. The number of carbonyl (C=O) groups excluding carboxylic acids is 1. The van der Waals surface area contributed by atoms with Crippen LogP contribution in [0.15, 0.2) is 52.9 Å². The molecule has 1 N–H and O–H groups in total. The summed E-state index contributed by atoms with van der Waals surface area (Å²) in [6.07, 6.45) is 5.83. The lowest BCUT2D eigenvalue weighted by Gasteiger charge is -2.22. The molecule has 3 aromatic rings. The number of benzene rings is 2. The average molecular weight is 361 g/mol. The summed E-state index contributed by atoms with van der Waals surface area (Å²) in [5.41, 5.74) is 3.53. The Morgan fingerprint density at radius 2 is 1.44 bits per heavy atom. The highest BCUT2D eigenvalue weighted by molar-refractivity contribution is 5.94. The summed E-state index contributed by atoms with van der Waals surface area (Å²) >= 11 is 0. The maximum absolute atomic E-state index is 12.4. The highest BCUT2D eigenvalue weighted by Gasteiger charge is 2.17. The standard InChI is InChI=1S/C22H23N3O2/c1-15-7-9-17(10-8-15)21-24-25-22(27-21)18-13-11-16(12-14-18)20(26)23-19-5-3-2-4-6-19/h7-14,19H,2-6H2,1H3,(H,23,26). The molecule has 0 saturated heterocycles. The normalized spacial score (nSPS) is 14.9. The van der Waals surface area contributed by atoms with E-state index in [9.17, 15) is 4.79 Å². The number of hydrogen-bond acceptors (Lipinski definition) is 4. The molecule has 1 aromatic heterocycles. The fourth-order valence-corrected chi connectivity index (χ4v) is 3.43. The first-order chi connectivity index (χ1) is 13.2. The quantitative estimate of drug-likeness (QED) is 0.726. The Labute approximate surface area is 158 Å². The van der Waals surface area contributed by atoms with E-state index >= 15 is 0 Å². The van der Waals surface area contributed by atoms with Crippen LogP contribution in [0, 0.1) is 6.92 Å². The molecule has 5 heteroatoms. The molecule has 27 heavy (non-hydrogen) atoms. The summed E-state index contributed by atoms with van der Waals surface area (Å²) in [6.45, 7) is 2.04. The summed E-state index contributed by atoms with van der Waals surface area (Å²) in [5, 5.41) is 11.4. The van der Waals surface area contributed by atoms with Crippen molar-refractivity contribution < 1.29 is 9.21 Å². The summed E-state index contributed by atoms with van der Waals surface area (Å²) < 4.78 is 5.79. The van der Waals surface area contributed by atoms with Crippen LogP contribution in [0.2, 0.25) is 0 Å². The highest BCUT2D eigenvalue weighted by atomic mass is 16.4. The molecular weight excluding hydrogens is 338 g/mol. The zero-order valence-electron chi connectivity index (χ0n) is 15.4. The van der Waals surface area contributed by atoms with Gasteiger partial charge in [0.1, 0.15) is 0 Å². The molecule has 0 radical (unpaired) electrons. The van der Waals surface area contributed by atoms with Gasteiger partial charge in [0.2, 0.25) is 11.8 Å². The highest BCUT2D eigenvalue weighted by Crippen LogP contribution is 2.24. The minimum absolute atomic E-state index is 0.0145. The number of aromatic nitrogens is 2. The largest absolute Gasteiger partial charge is 0.416 e. The number of hydrogen-bond donors (Lipinski definition) is 1. The van der Waals surface area contributed by atoms with Crippen LogP contribution in [-0.4, -0.2) is 22.1 Å². The lowest BCUT2D eigenvalue weighted by molar-refractivity contribution is 0.0927. The zero-order valence-corrected chi connectivity index (χ0v) is 15.4. The molecule has 1 heterocycles. The summed E-state index contributed by atoms with van der Waals surface area (Å²) in [5.74, 6) is 0.924. The number of nitrogens with one attached hydrogen (secondary N) is 1. The van der Waals surface area contributed by atoms with Gasteiger partial charge in [0.05, 0.1) is 0 Å². The van der Waals surface area contributed by atoms with E-state index in [0.717, 1.165) is 24.0 Å². The molecule has 0 bridgehead atoms. The van der Waals surface area contributed by atoms with E-state index < -0.39 is 0 Å². The van der Waals surface area contributed by atoms with Gasteiger partial charge in [-0.2, -0.15) is 0 Å². The first kappa shape index (κ1) is 17.5. The van der Waals surface area contributed by atoms with E-state index in [1.54, 1.807) is 0 Å². The summed E-state index contributed by atoms with van der Waals surface area (Å²) in [7, 11) is 0. The monoisotopic (exact) mass is 361 g/mol. The molecule has 1 aliphatic carbocycles. The second-order valence-corrected chi connectivity index (χ2v) is 7.16. The smallest absolute Gasteiger partial charge is 0.251 e. The molecule has 0 aliphatic heterocycles. The van der Waals surface area contributed by atoms with Gasteiger partial charge in [0, 0.05) is 22.7 Å². The van der Waals surface area contributed by atoms with Gasteiger partial charge < -0.3 is 9.73 Å². The Balaban J connectivity index is 1.46. The number of amides is 1. The molecule has 0 unspecified atom stereocenters. The third-order valence-electron chi connectivity index (χ3n) is 5.06. The lowest BCUT2D eigenvalue weighted by atomic mass is 9.95. The molecule has 4 rings (SSSR count). The summed E-state index contributed by atoms with van der Waals surface area (Å²) in [4.78, 5) is 12.4. The minimum atomic E-state index is -0.0145. The lowest BCUT2D eigenvalue weighted by Crippen LogP contribution is -2.36. The van der Waals surface area contributed by atoms with Gasteiger partial charge in [-0.05, 0) is 56.2 Å². The third kappa shape index (κ3) is 4.08. The Morgan fingerprint density at radius 3 is 2.04 bits per heavy atom. The van der Waals surface area contributed by atoms with Crippen LogP contribution in [-0.2, 0) is 0 Å². The second kappa shape index (κ2) is 7.74. The Kier molecular flexibility index (Phi) is 5.01. The van der Waals surface area contributed by atoms with Crippen LogP contribution >= 0.6 is 0 Å². The van der Waals surface area contributed by atoms with Crippen molar-refractivity contribution in [1.82, 2.24) is 15.5 Å². The predicted octanol–water partition coefficient (Wildman–Crippen LogP) is 4.77. The average Bonchev–Trinajstić information content (AvgIpc) is 3.20. The van der Waals surface area contributed by atoms with Crippen LogP contribution in [0.4, 0.5) is 0 Å². The van der Waals surface area contributed by atoms with E-state index in [4.69, 9.17) is 4.42 Å². The van der Waals surface area contributed by atoms with Crippen molar-refractivity contribution in [3.8, 4) is 22.9 Å². The fourth-order valence-electron chi connectivity index (χ4n) is 3.43. The minimum Gasteiger partial charge on any atom is -0.416 e. The van der Waals surface area contributed by atoms with Crippen molar-refractivity contribution in [3.63, 3.8) is 0 Å². The van der Waals surface area contributed by atoms with Crippen LogP contribution in [0.25, 0.3) is 22.9 Å². The second-order valence-electron chi connectivity index (χ2n) is 7.16.